The number of nitro groups is 1. The predicted octanol–water partition coefficient (Wildman–Crippen LogP) is 0.990. The molecule has 0 atom stereocenters. The van der Waals surface area contributed by atoms with E-state index in [1.807, 2.05) is 16.3 Å². The van der Waals surface area contributed by atoms with E-state index < -0.39 is 4.92 Å². The minimum absolute atomic E-state index is 0.0551. The third-order valence-corrected chi connectivity index (χ3v) is 2.10. The van der Waals surface area contributed by atoms with Crippen LogP contribution in [-0.4, -0.2) is 30.8 Å². The van der Waals surface area contributed by atoms with Crippen molar-refractivity contribution in [3.05, 3.63) is 32.5 Å². The summed E-state index contributed by atoms with van der Waals surface area (Å²) in [5.74, 6) is 0. The summed E-state index contributed by atoms with van der Waals surface area (Å²) in [5.41, 5.74) is 0.0355. The van der Waals surface area contributed by atoms with Crippen LogP contribution < -0.4 is 0 Å². The first-order chi connectivity index (χ1) is 6.50. The van der Waals surface area contributed by atoms with Crippen molar-refractivity contribution >= 4 is 42.6 Å². The van der Waals surface area contributed by atoms with Gasteiger partial charge in [-0.3, -0.25) is 10.1 Å². The Kier molecular flexibility index (Phi) is 3.75. The molecule has 0 aliphatic rings. The maximum atomic E-state index is 10.8. The Labute approximate surface area is 96.2 Å². The molecular weight excluding hydrogens is 267 g/mol. The molecule has 2 radical (unpaired) electrons. The highest BCUT2D eigenvalue weighted by Gasteiger charge is 2.15. The maximum Gasteiger partial charge on any atom is 0.291 e. The Hall–Kier alpha value is -0.768. The molecule has 0 aromatic carbocycles. The average molecular weight is 271 g/mol. The van der Waals surface area contributed by atoms with E-state index in [-0.39, 0.29) is 22.4 Å². The molecule has 1 rings (SSSR count). The molecule has 0 amide bonds. The summed E-state index contributed by atoms with van der Waals surface area (Å²) in [5, 5.41) is 10.5. The summed E-state index contributed by atoms with van der Waals surface area (Å²) in [6.07, 6.45) is -0.0551. The van der Waals surface area contributed by atoms with E-state index in [0.29, 0.717) is 4.60 Å². The van der Waals surface area contributed by atoms with Crippen LogP contribution in [0.2, 0.25) is 0 Å². The van der Waals surface area contributed by atoms with Gasteiger partial charge in [0.2, 0.25) is 16.3 Å². The standard InChI is InChI=1S/C7H4BrN2O3.Al/c8-7-2-1-6(10(12)13)5(9-7)3-4-11;/h1-2H,3H2;. The first-order valence-corrected chi connectivity index (χ1v) is 4.96. The zero-order valence-corrected chi connectivity index (χ0v) is 9.68. The lowest BCUT2D eigenvalue weighted by atomic mass is 10.2. The number of hydrogen-bond donors (Lipinski definition) is 0. The zero-order chi connectivity index (χ0) is 10.7. The van der Waals surface area contributed by atoms with Crippen molar-refractivity contribution in [3.8, 4) is 0 Å². The highest BCUT2D eigenvalue weighted by atomic mass is 79.9. The predicted molar refractivity (Wildman–Crippen MR) is 53.1 cm³/mol. The molecule has 1 aromatic rings. The van der Waals surface area contributed by atoms with E-state index >= 15 is 0 Å². The molecule has 1 aromatic heterocycles. The van der Waals surface area contributed by atoms with Crippen LogP contribution in [0.4, 0.5) is 5.69 Å². The Bertz CT molecular complexity index is 397. The molecule has 14 heavy (non-hydrogen) atoms. The molecule has 0 unspecified atom stereocenters. The fourth-order valence-electron chi connectivity index (χ4n) is 0.929. The number of nitrogens with zero attached hydrogens (tertiary/aromatic N) is 2. The smallest absolute Gasteiger partial charge is 0.291 e. The van der Waals surface area contributed by atoms with Crippen molar-refractivity contribution in [1.82, 2.24) is 4.98 Å². The minimum Gasteiger partial charge on any atom is -0.323 e. The van der Waals surface area contributed by atoms with Gasteiger partial charge in [0.05, 0.1) is 4.92 Å². The molecule has 5 nitrogen and oxygen atoms in total. The van der Waals surface area contributed by atoms with Crippen molar-refractivity contribution in [2.75, 3.05) is 0 Å². The van der Waals surface area contributed by atoms with Gasteiger partial charge in [-0.15, -0.1) is 0 Å². The van der Waals surface area contributed by atoms with Crippen molar-refractivity contribution < 1.29 is 9.72 Å². The second-order valence-electron chi connectivity index (χ2n) is 2.50. The van der Waals surface area contributed by atoms with Crippen molar-refractivity contribution in [3.63, 3.8) is 0 Å². The van der Waals surface area contributed by atoms with E-state index in [9.17, 15) is 14.9 Å². The van der Waals surface area contributed by atoms with E-state index in [2.05, 4.69) is 20.9 Å². The first-order valence-electron chi connectivity index (χ1n) is 3.59. The summed E-state index contributed by atoms with van der Waals surface area (Å²) in [6, 6.07) is 2.79. The molecule has 0 saturated carbocycles. The van der Waals surface area contributed by atoms with Gasteiger partial charge >= 0.3 is 0 Å². The van der Waals surface area contributed by atoms with Crippen molar-refractivity contribution in [2.45, 2.75) is 6.42 Å². The Morgan fingerprint density at radius 2 is 2.29 bits per heavy atom. The monoisotopic (exact) mass is 270 g/mol. The van der Waals surface area contributed by atoms with Crippen LogP contribution in [0.5, 0.6) is 0 Å². The van der Waals surface area contributed by atoms with Gasteiger partial charge in [0.15, 0.2) is 0 Å². The molecule has 0 fully saturated rings. The quantitative estimate of drug-likeness (QED) is 0.355. The molecule has 1 heterocycles. The van der Waals surface area contributed by atoms with Crippen LogP contribution in [-0.2, 0) is 11.2 Å². The third-order valence-electron chi connectivity index (χ3n) is 1.45. The van der Waals surface area contributed by atoms with Crippen LogP contribution in [0.1, 0.15) is 5.69 Å². The highest BCUT2D eigenvalue weighted by Crippen LogP contribution is 2.19. The average Bonchev–Trinajstić information content (AvgIpc) is 2.01. The van der Waals surface area contributed by atoms with Gasteiger partial charge in [-0.2, -0.15) is 0 Å². The second kappa shape index (κ2) is 4.64. The fourth-order valence-corrected chi connectivity index (χ4v) is 1.47. The molecule has 7 heteroatoms. The highest BCUT2D eigenvalue weighted by molar-refractivity contribution is 9.10. The normalized spacial score (nSPS) is 9.79. The minimum atomic E-state index is -0.553. The first kappa shape index (κ1) is 11.3. The number of rotatable bonds is 3. The van der Waals surface area contributed by atoms with Crippen molar-refractivity contribution in [2.24, 2.45) is 0 Å². The van der Waals surface area contributed by atoms with Crippen LogP contribution >= 0.6 is 15.9 Å². The molecule has 0 aliphatic heterocycles. The second-order valence-corrected chi connectivity index (χ2v) is 3.96. The molecule has 0 aliphatic carbocycles. The molecular formula is C7H4AlBrN2O3. The van der Waals surface area contributed by atoms with Gasteiger partial charge in [-0.25, -0.2) is 4.98 Å². The molecule has 0 saturated heterocycles. The van der Waals surface area contributed by atoms with Gasteiger partial charge in [0, 0.05) is 17.1 Å². The van der Waals surface area contributed by atoms with Gasteiger partial charge in [0.25, 0.3) is 5.69 Å². The van der Waals surface area contributed by atoms with Gasteiger partial charge < -0.3 is 4.79 Å². The number of pyridine rings is 1. The Balaban J connectivity index is 3.15. The van der Waals surface area contributed by atoms with Crippen molar-refractivity contribution in [1.29, 1.82) is 0 Å². The molecule has 0 spiro atoms. The van der Waals surface area contributed by atoms with Crippen LogP contribution in [0.25, 0.3) is 0 Å². The topological polar surface area (TPSA) is 73.1 Å². The number of carbonyl (C=O) groups is 1. The zero-order valence-electron chi connectivity index (χ0n) is 6.94. The van der Waals surface area contributed by atoms with E-state index in [0.717, 1.165) is 0 Å². The maximum absolute atomic E-state index is 10.8. The van der Waals surface area contributed by atoms with Crippen LogP contribution in [0.3, 0.4) is 0 Å². The van der Waals surface area contributed by atoms with Gasteiger partial charge in [-0.05, 0) is 22.0 Å². The summed E-state index contributed by atoms with van der Waals surface area (Å²) in [7, 11) is 0. The lowest BCUT2D eigenvalue weighted by Crippen LogP contribution is -2.06. The van der Waals surface area contributed by atoms with Gasteiger partial charge in [-0.1, -0.05) is 0 Å². The van der Waals surface area contributed by atoms with E-state index in [1.165, 1.54) is 12.1 Å². The Morgan fingerprint density at radius 1 is 1.64 bits per heavy atom. The molecule has 0 N–H and O–H groups in total. The SMILES string of the molecule is O=[C]([Al])Cc1nc(Br)ccc1[N+](=O)[O-]. The summed E-state index contributed by atoms with van der Waals surface area (Å²) < 4.78 is 0.239. The molecule has 70 valence electrons. The van der Waals surface area contributed by atoms with Gasteiger partial charge in [0.1, 0.15) is 10.3 Å². The lowest BCUT2D eigenvalue weighted by molar-refractivity contribution is -0.385. The number of hydrogen-bond acceptors (Lipinski definition) is 4. The number of aromatic nitrogens is 1. The summed E-state index contributed by atoms with van der Waals surface area (Å²) >= 11 is 5.04. The van der Waals surface area contributed by atoms with E-state index in [1.54, 1.807) is 0 Å². The fraction of sp³-hybridized carbons (Fsp3) is 0.143. The Morgan fingerprint density at radius 3 is 2.79 bits per heavy atom. The molecule has 0 bridgehead atoms. The lowest BCUT2D eigenvalue weighted by Gasteiger charge is -2.00. The largest absolute Gasteiger partial charge is 0.323 e. The third kappa shape index (κ3) is 2.87. The number of carbonyl (C=O) groups excluding carboxylic acids is 1. The number of halogens is 1. The van der Waals surface area contributed by atoms with E-state index in [4.69, 9.17) is 0 Å². The summed E-state index contributed by atoms with van der Waals surface area (Å²) in [4.78, 5) is 24.7. The summed E-state index contributed by atoms with van der Waals surface area (Å²) in [6.45, 7) is 0. The van der Waals surface area contributed by atoms with Crippen LogP contribution in [0.15, 0.2) is 16.7 Å². The van der Waals surface area contributed by atoms with Crippen LogP contribution in [0, 0.1) is 10.1 Å².